The van der Waals surface area contributed by atoms with E-state index in [0.717, 1.165) is 16.7 Å². The van der Waals surface area contributed by atoms with Crippen LogP contribution in [0.2, 0.25) is 0 Å². The summed E-state index contributed by atoms with van der Waals surface area (Å²) in [6.07, 6.45) is 2.07. The van der Waals surface area contributed by atoms with Crippen LogP contribution in [0.15, 0.2) is 65.2 Å². The van der Waals surface area contributed by atoms with E-state index in [1.807, 2.05) is 42.5 Å². The van der Waals surface area contributed by atoms with Gasteiger partial charge < -0.3 is 4.42 Å². The fourth-order valence-corrected chi connectivity index (χ4v) is 1.91. The summed E-state index contributed by atoms with van der Waals surface area (Å²) in [5, 5.41) is 0. The summed E-state index contributed by atoms with van der Waals surface area (Å²) < 4.78 is 5.29. The number of carbonyl (C=O) groups is 1. The molecule has 3 nitrogen and oxygen atoms in total. The van der Waals surface area contributed by atoms with E-state index in [4.69, 9.17) is 4.42 Å². The second-order valence-corrected chi connectivity index (χ2v) is 4.13. The molecule has 0 aliphatic rings. The van der Waals surface area contributed by atoms with Crippen LogP contribution in [0.3, 0.4) is 0 Å². The van der Waals surface area contributed by atoms with Crippen molar-refractivity contribution in [2.24, 2.45) is 0 Å². The number of oxazole rings is 1. The Balaban J connectivity index is 1.92. The summed E-state index contributed by atoms with van der Waals surface area (Å²) in [6.45, 7) is 0. The predicted molar refractivity (Wildman–Crippen MR) is 72.8 cm³/mol. The molecule has 0 aliphatic heterocycles. The van der Waals surface area contributed by atoms with Gasteiger partial charge in [-0.15, -0.1) is 0 Å². The Morgan fingerprint density at radius 3 is 2.11 bits per heavy atom. The molecule has 0 spiro atoms. The Labute approximate surface area is 110 Å². The third-order valence-corrected chi connectivity index (χ3v) is 2.88. The molecule has 0 amide bonds. The first-order valence-corrected chi connectivity index (χ1v) is 5.94. The van der Waals surface area contributed by atoms with Gasteiger partial charge in [-0.25, -0.2) is 4.98 Å². The Kier molecular flexibility index (Phi) is 2.94. The van der Waals surface area contributed by atoms with Gasteiger partial charge in [-0.05, 0) is 23.3 Å². The van der Waals surface area contributed by atoms with Crippen LogP contribution in [-0.4, -0.2) is 11.3 Å². The standard InChI is InChI=1S/C16H11NO2/c18-11-15-10-17-16(19-15)14-8-6-13(7-9-14)12-4-2-1-3-5-12/h1-11H. The number of aromatic nitrogens is 1. The molecule has 0 unspecified atom stereocenters. The molecule has 0 saturated carbocycles. The highest BCUT2D eigenvalue weighted by molar-refractivity contribution is 5.72. The zero-order valence-corrected chi connectivity index (χ0v) is 10.1. The zero-order chi connectivity index (χ0) is 13.1. The first-order valence-electron chi connectivity index (χ1n) is 5.94. The summed E-state index contributed by atoms with van der Waals surface area (Å²) in [5.74, 6) is 0.698. The SMILES string of the molecule is O=Cc1cnc(-c2ccc(-c3ccccc3)cc2)o1. The number of carbonyl (C=O) groups excluding carboxylic acids is 1. The summed E-state index contributed by atoms with van der Waals surface area (Å²) >= 11 is 0. The van der Waals surface area contributed by atoms with Crippen LogP contribution in [0.4, 0.5) is 0 Å². The smallest absolute Gasteiger partial charge is 0.226 e. The molecule has 92 valence electrons. The van der Waals surface area contributed by atoms with E-state index in [1.165, 1.54) is 6.20 Å². The molecule has 19 heavy (non-hydrogen) atoms. The number of aldehydes is 1. The fraction of sp³-hybridized carbons (Fsp3) is 0. The summed E-state index contributed by atoms with van der Waals surface area (Å²) in [5.41, 5.74) is 3.15. The second-order valence-electron chi connectivity index (χ2n) is 4.13. The van der Waals surface area contributed by atoms with E-state index < -0.39 is 0 Å². The summed E-state index contributed by atoms with van der Waals surface area (Å²) in [4.78, 5) is 14.6. The Bertz CT molecular complexity index is 684. The van der Waals surface area contributed by atoms with E-state index in [-0.39, 0.29) is 5.76 Å². The molecule has 0 bridgehead atoms. The molecule has 3 aromatic rings. The van der Waals surface area contributed by atoms with Gasteiger partial charge in [0.05, 0.1) is 6.20 Å². The molecule has 1 aromatic heterocycles. The van der Waals surface area contributed by atoms with Gasteiger partial charge in [0.1, 0.15) is 0 Å². The lowest BCUT2D eigenvalue weighted by molar-refractivity contribution is 0.110. The van der Waals surface area contributed by atoms with Crippen LogP contribution in [0.1, 0.15) is 10.6 Å². The largest absolute Gasteiger partial charge is 0.433 e. The monoisotopic (exact) mass is 249 g/mol. The number of hydrogen-bond acceptors (Lipinski definition) is 3. The molecule has 0 radical (unpaired) electrons. The van der Waals surface area contributed by atoms with Crippen LogP contribution >= 0.6 is 0 Å². The molecule has 2 aromatic carbocycles. The average Bonchev–Trinajstić information content (AvgIpc) is 2.97. The topological polar surface area (TPSA) is 43.1 Å². The minimum absolute atomic E-state index is 0.238. The van der Waals surface area contributed by atoms with Gasteiger partial charge in [0.25, 0.3) is 0 Å². The molecule has 0 N–H and O–H groups in total. The third-order valence-electron chi connectivity index (χ3n) is 2.88. The fourth-order valence-electron chi connectivity index (χ4n) is 1.91. The Morgan fingerprint density at radius 1 is 0.842 bits per heavy atom. The van der Waals surface area contributed by atoms with E-state index in [2.05, 4.69) is 17.1 Å². The van der Waals surface area contributed by atoms with Crippen molar-refractivity contribution in [1.29, 1.82) is 0 Å². The molecule has 3 rings (SSSR count). The molecule has 0 saturated heterocycles. The third kappa shape index (κ3) is 2.31. The van der Waals surface area contributed by atoms with E-state index in [9.17, 15) is 4.79 Å². The first-order chi connectivity index (χ1) is 9.36. The molecular formula is C16H11NO2. The van der Waals surface area contributed by atoms with Gasteiger partial charge in [-0.3, -0.25) is 4.79 Å². The lowest BCUT2D eigenvalue weighted by Gasteiger charge is -2.02. The molecule has 0 fully saturated rings. The van der Waals surface area contributed by atoms with Crippen molar-refractivity contribution < 1.29 is 9.21 Å². The number of nitrogens with zero attached hydrogens (tertiary/aromatic N) is 1. The van der Waals surface area contributed by atoms with Crippen molar-refractivity contribution in [3.8, 4) is 22.6 Å². The summed E-state index contributed by atoms with van der Waals surface area (Å²) in [6, 6.07) is 18.0. The van der Waals surface area contributed by atoms with Crippen LogP contribution < -0.4 is 0 Å². The normalized spacial score (nSPS) is 10.3. The van der Waals surface area contributed by atoms with Crippen molar-refractivity contribution in [3.05, 3.63) is 66.6 Å². The molecular weight excluding hydrogens is 238 g/mol. The van der Waals surface area contributed by atoms with E-state index >= 15 is 0 Å². The highest BCUT2D eigenvalue weighted by Gasteiger charge is 2.06. The minimum atomic E-state index is 0.238. The maximum atomic E-state index is 10.6. The van der Waals surface area contributed by atoms with Crippen LogP contribution in [-0.2, 0) is 0 Å². The Morgan fingerprint density at radius 2 is 1.47 bits per heavy atom. The van der Waals surface area contributed by atoms with Crippen LogP contribution in [0, 0.1) is 0 Å². The van der Waals surface area contributed by atoms with E-state index in [0.29, 0.717) is 12.2 Å². The lowest BCUT2D eigenvalue weighted by Crippen LogP contribution is -1.79. The number of benzene rings is 2. The van der Waals surface area contributed by atoms with Crippen LogP contribution in [0.25, 0.3) is 22.6 Å². The van der Waals surface area contributed by atoms with Gasteiger partial charge in [0.2, 0.25) is 5.89 Å². The van der Waals surface area contributed by atoms with Gasteiger partial charge in [-0.1, -0.05) is 42.5 Å². The molecule has 1 heterocycles. The molecule has 3 heteroatoms. The predicted octanol–water partition coefficient (Wildman–Crippen LogP) is 3.82. The van der Waals surface area contributed by atoms with Crippen molar-refractivity contribution in [1.82, 2.24) is 4.98 Å². The van der Waals surface area contributed by atoms with Crippen molar-refractivity contribution in [2.75, 3.05) is 0 Å². The van der Waals surface area contributed by atoms with Gasteiger partial charge >= 0.3 is 0 Å². The maximum Gasteiger partial charge on any atom is 0.226 e. The molecule has 0 atom stereocenters. The number of hydrogen-bond donors (Lipinski definition) is 0. The first kappa shape index (κ1) is 11.4. The van der Waals surface area contributed by atoms with Gasteiger partial charge in [0, 0.05) is 5.56 Å². The van der Waals surface area contributed by atoms with Gasteiger partial charge in [0.15, 0.2) is 12.0 Å². The highest BCUT2D eigenvalue weighted by atomic mass is 16.4. The zero-order valence-electron chi connectivity index (χ0n) is 10.1. The van der Waals surface area contributed by atoms with Crippen LogP contribution in [0.5, 0.6) is 0 Å². The molecule has 0 aliphatic carbocycles. The Hall–Kier alpha value is -2.68. The number of rotatable bonds is 3. The quantitative estimate of drug-likeness (QED) is 0.663. The summed E-state index contributed by atoms with van der Waals surface area (Å²) in [7, 11) is 0. The average molecular weight is 249 g/mol. The van der Waals surface area contributed by atoms with E-state index in [1.54, 1.807) is 0 Å². The minimum Gasteiger partial charge on any atom is -0.433 e. The second kappa shape index (κ2) is 4.90. The van der Waals surface area contributed by atoms with Crippen molar-refractivity contribution >= 4 is 6.29 Å². The van der Waals surface area contributed by atoms with Gasteiger partial charge in [-0.2, -0.15) is 0 Å². The highest BCUT2D eigenvalue weighted by Crippen LogP contribution is 2.24. The lowest BCUT2D eigenvalue weighted by atomic mass is 10.0. The van der Waals surface area contributed by atoms with Crippen molar-refractivity contribution in [2.45, 2.75) is 0 Å². The van der Waals surface area contributed by atoms with Crippen molar-refractivity contribution in [3.63, 3.8) is 0 Å². The maximum absolute atomic E-state index is 10.6.